The average Bonchev–Trinajstić information content (AvgIpc) is 2.96. The predicted octanol–water partition coefficient (Wildman–Crippen LogP) is 4.26. The molecule has 1 aliphatic rings. The van der Waals surface area contributed by atoms with Crippen molar-refractivity contribution in [2.45, 2.75) is 38.3 Å². The lowest BCUT2D eigenvalue weighted by Gasteiger charge is -2.19. The number of benzene rings is 2. The summed E-state index contributed by atoms with van der Waals surface area (Å²) in [6.45, 7) is 4.06. The zero-order chi connectivity index (χ0) is 19.6. The molecule has 1 aliphatic heterocycles. The van der Waals surface area contributed by atoms with Gasteiger partial charge in [0.15, 0.2) is 0 Å². The number of methoxy groups -OCH3 is 1. The number of esters is 1. The number of fused-ring (bicyclic) bond motifs is 1. The zero-order valence-corrected chi connectivity index (χ0v) is 16.2. The van der Waals surface area contributed by atoms with Gasteiger partial charge < -0.3 is 14.8 Å². The first-order valence-corrected chi connectivity index (χ1v) is 9.21. The number of hydrogen-bond donors (Lipinski definition) is 1. The topological polar surface area (TPSA) is 64.6 Å². The standard InChI is InChI=1S/C21H22ClNO4/c1-12-13(2)27-20-16(12)5-4-6-17(20)21(25)23-18(11-19(24)26-3)14-7-9-15(22)10-8-14/h4-10,12-13,18H,11H2,1-3H3,(H,23,25)/t12-,13+,18-/m0/s1. The highest BCUT2D eigenvalue weighted by atomic mass is 35.5. The van der Waals surface area contributed by atoms with E-state index in [9.17, 15) is 9.59 Å². The number of ether oxygens (including phenoxy) is 2. The average molecular weight is 388 g/mol. The van der Waals surface area contributed by atoms with Crippen molar-refractivity contribution in [1.82, 2.24) is 5.32 Å². The van der Waals surface area contributed by atoms with Crippen molar-refractivity contribution in [3.05, 3.63) is 64.2 Å². The molecule has 1 amide bonds. The third-order valence-corrected chi connectivity index (χ3v) is 5.22. The molecule has 0 spiro atoms. The molecule has 142 valence electrons. The van der Waals surface area contributed by atoms with E-state index in [1.807, 2.05) is 19.1 Å². The highest BCUT2D eigenvalue weighted by molar-refractivity contribution is 6.30. The van der Waals surface area contributed by atoms with Crippen LogP contribution in [-0.2, 0) is 9.53 Å². The van der Waals surface area contributed by atoms with Crippen LogP contribution in [0.4, 0.5) is 0 Å². The van der Waals surface area contributed by atoms with E-state index in [-0.39, 0.29) is 24.3 Å². The normalized spacial score (nSPS) is 19.0. The quantitative estimate of drug-likeness (QED) is 0.778. The van der Waals surface area contributed by atoms with Gasteiger partial charge in [-0.15, -0.1) is 0 Å². The van der Waals surface area contributed by atoms with Gasteiger partial charge in [0.25, 0.3) is 5.91 Å². The molecule has 0 saturated carbocycles. The summed E-state index contributed by atoms with van der Waals surface area (Å²) in [5.41, 5.74) is 2.26. The largest absolute Gasteiger partial charge is 0.489 e. The number of halogens is 1. The molecule has 0 aromatic heterocycles. The Kier molecular flexibility index (Phi) is 5.71. The Morgan fingerprint density at radius 3 is 2.56 bits per heavy atom. The van der Waals surface area contributed by atoms with Gasteiger partial charge in [-0.2, -0.15) is 0 Å². The Morgan fingerprint density at radius 1 is 1.19 bits per heavy atom. The third kappa shape index (κ3) is 4.08. The molecule has 1 N–H and O–H groups in total. The van der Waals surface area contributed by atoms with Gasteiger partial charge in [-0.1, -0.05) is 42.8 Å². The van der Waals surface area contributed by atoms with Crippen LogP contribution >= 0.6 is 11.6 Å². The smallest absolute Gasteiger partial charge is 0.307 e. The fraction of sp³-hybridized carbons (Fsp3) is 0.333. The van der Waals surface area contributed by atoms with E-state index in [1.54, 1.807) is 30.3 Å². The van der Waals surface area contributed by atoms with Crippen molar-refractivity contribution in [3.8, 4) is 5.75 Å². The molecule has 5 nitrogen and oxygen atoms in total. The summed E-state index contributed by atoms with van der Waals surface area (Å²) in [6, 6.07) is 12.0. The summed E-state index contributed by atoms with van der Waals surface area (Å²) in [4.78, 5) is 24.8. The van der Waals surface area contributed by atoms with Crippen LogP contribution < -0.4 is 10.1 Å². The second-order valence-corrected chi connectivity index (χ2v) is 7.13. The number of carbonyl (C=O) groups is 2. The molecule has 0 saturated heterocycles. The second-order valence-electron chi connectivity index (χ2n) is 6.69. The van der Waals surface area contributed by atoms with Gasteiger partial charge in [0.05, 0.1) is 25.1 Å². The van der Waals surface area contributed by atoms with E-state index in [4.69, 9.17) is 21.1 Å². The van der Waals surface area contributed by atoms with E-state index >= 15 is 0 Å². The minimum absolute atomic E-state index is 0.0103. The van der Waals surface area contributed by atoms with Gasteiger partial charge in [0.2, 0.25) is 0 Å². The second kappa shape index (κ2) is 8.01. The highest BCUT2D eigenvalue weighted by Gasteiger charge is 2.31. The van der Waals surface area contributed by atoms with E-state index in [0.29, 0.717) is 16.3 Å². The number of carbonyl (C=O) groups excluding carboxylic acids is 2. The Morgan fingerprint density at radius 2 is 1.89 bits per heavy atom. The summed E-state index contributed by atoms with van der Waals surface area (Å²) in [5, 5.41) is 3.51. The van der Waals surface area contributed by atoms with Gasteiger partial charge in [-0.25, -0.2) is 0 Å². The van der Waals surface area contributed by atoms with Crippen molar-refractivity contribution < 1.29 is 19.1 Å². The van der Waals surface area contributed by atoms with Crippen LogP contribution in [0.2, 0.25) is 5.02 Å². The first kappa shape index (κ1) is 19.2. The fourth-order valence-electron chi connectivity index (χ4n) is 3.20. The number of hydrogen-bond acceptors (Lipinski definition) is 4. The maximum Gasteiger partial charge on any atom is 0.307 e. The van der Waals surface area contributed by atoms with Gasteiger partial charge in [0.1, 0.15) is 11.9 Å². The van der Waals surface area contributed by atoms with Crippen molar-refractivity contribution in [2.75, 3.05) is 7.11 Å². The SMILES string of the molecule is COC(=O)C[C@H](NC(=O)c1cccc2c1O[C@H](C)[C@@H]2C)c1ccc(Cl)cc1. The lowest BCUT2D eigenvalue weighted by Crippen LogP contribution is -2.30. The molecule has 0 fully saturated rings. The molecule has 0 radical (unpaired) electrons. The van der Waals surface area contributed by atoms with Crippen LogP contribution in [-0.4, -0.2) is 25.1 Å². The molecular formula is C21H22ClNO4. The number of rotatable bonds is 5. The van der Waals surface area contributed by atoms with Crippen LogP contribution in [0.25, 0.3) is 0 Å². The molecule has 27 heavy (non-hydrogen) atoms. The summed E-state index contributed by atoms with van der Waals surface area (Å²) >= 11 is 5.95. The van der Waals surface area contributed by atoms with E-state index < -0.39 is 12.0 Å². The fourth-order valence-corrected chi connectivity index (χ4v) is 3.32. The van der Waals surface area contributed by atoms with Crippen molar-refractivity contribution >= 4 is 23.5 Å². The molecule has 3 atom stereocenters. The number of nitrogens with one attached hydrogen (secondary N) is 1. The Balaban J connectivity index is 1.87. The summed E-state index contributed by atoms with van der Waals surface area (Å²) in [7, 11) is 1.32. The summed E-state index contributed by atoms with van der Waals surface area (Å²) in [5.74, 6) is 0.127. The van der Waals surface area contributed by atoms with E-state index in [2.05, 4.69) is 12.2 Å². The van der Waals surface area contributed by atoms with Crippen LogP contribution in [0.1, 0.15) is 53.7 Å². The minimum atomic E-state index is -0.533. The number of amides is 1. The van der Waals surface area contributed by atoms with Gasteiger partial charge in [-0.3, -0.25) is 9.59 Å². The highest BCUT2D eigenvalue weighted by Crippen LogP contribution is 2.40. The van der Waals surface area contributed by atoms with Crippen molar-refractivity contribution in [2.24, 2.45) is 0 Å². The zero-order valence-electron chi connectivity index (χ0n) is 15.5. The molecule has 0 unspecified atom stereocenters. The van der Waals surface area contributed by atoms with E-state index in [0.717, 1.165) is 11.1 Å². The van der Waals surface area contributed by atoms with Crippen molar-refractivity contribution in [1.29, 1.82) is 0 Å². The maximum absolute atomic E-state index is 13.0. The molecule has 3 rings (SSSR count). The van der Waals surface area contributed by atoms with Crippen LogP contribution in [0.5, 0.6) is 5.75 Å². The lowest BCUT2D eigenvalue weighted by molar-refractivity contribution is -0.141. The summed E-state index contributed by atoms with van der Waals surface area (Å²) < 4.78 is 10.7. The molecule has 2 aromatic carbocycles. The molecule has 2 aromatic rings. The summed E-state index contributed by atoms with van der Waals surface area (Å²) in [6.07, 6.45) is 0.0307. The first-order valence-electron chi connectivity index (χ1n) is 8.83. The van der Waals surface area contributed by atoms with E-state index in [1.165, 1.54) is 7.11 Å². The molecule has 6 heteroatoms. The maximum atomic E-state index is 13.0. The van der Waals surface area contributed by atoms with Crippen molar-refractivity contribution in [3.63, 3.8) is 0 Å². The molecule has 0 bridgehead atoms. The van der Waals surface area contributed by atoms with Crippen LogP contribution in [0.3, 0.4) is 0 Å². The Hall–Kier alpha value is -2.53. The van der Waals surface area contributed by atoms with Gasteiger partial charge in [0, 0.05) is 16.5 Å². The predicted molar refractivity (Wildman–Crippen MR) is 103 cm³/mol. The monoisotopic (exact) mass is 387 g/mol. The van der Waals surface area contributed by atoms with Crippen LogP contribution in [0, 0.1) is 0 Å². The minimum Gasteiger partial charge on any atom is -0.489 e. The van der Waals surface area contributed by atoms with Gasteiger partial charge >= 0.3 is 5.97 Å². The van der Waals surface area contributed by atoms with Crippen LogP contribution in [0.15, 0.2) is 42.5 Å². The molecular weight excluding hydrogens is 366 g/mol. The molecule has 1 heterocycles. The van der Waals surface area contributed by atoms with Gasteiger partial charge in [-0.05, 0) is 30.7 Å². The molecule has 0 aliphatic carbocycles. The lowest BCUT2D eigenvalue weighted by atomic mass is 9.96. The Bertz CT molecular complexity index is 850. The third-order valence-electron chi connectivity index (χ3n) is 4.96. The Labute approximate surface area is 163 Å². The number of para-hydroxylation sites is 1. The first-order chi connectivity index (χ1) is 12.9.